The average molecular weight is 312 g/mol. The highest BCUT2D eigenvalue weighted by molar-refractivity contribution is 5.44. The van der Waals surface area contributed by atoms with Gasteiger partial charge >= 0.3 is 0 Å². The van der Waals surface area contributed by atoms with Crippen molar-refractivity contribution in [3.8, 4) is 11.5 Å². The third-order valence-electron chi connectivity index (χ3n) is 7.61. The maximum Gasteiger partial charge on any atom is 0.123 e. The van der Waals surface area contributed by atoms with Crippen LogP contribution in [-0.2, 0) is 6.42 Å². The molecule has 4 atom stereocenters. The third-order valence-corrected chi connectivity index (χ3v) is 7.61. The van der Waals surface area contributed by atoms with E-state index < -0.39 is 0 Å². The number of hydrogen-bond donors (Lipinski definition) is 1. The molecule has 1 fully saturated rings. The second-order valence-corrected chi connectivity index (χ2v) is 8.65. The number of phenols is 1. The summed E-state index contributed by atoms with van der Waals surface area (Å²) in [4.78, 5) is 0. The zero-order valence-corrected chi connectivity index (χ0v) is 14.8. The normalized spacial score (nSPS) is 41.9. The van der Waals surface area contributed by atoms with E-state index in [1.807, 2.05) is 12.1 Å². The summed E-state index contributed by atoms with van der Waals surface area (Å²) in [6.07, 6.45) is 8.19. The molecule has 1 aromatic rings. The van der Waals surface area contributed by atoms with E-state index in [9.17, 15) is 5.11 Å². The van der Waals surface area contributed by atoms with Gasteiger partial charge in [-0.1, -0.05) is 25.5 Å². The standard InChI is InChI=1S/C21H28O2/c1-14-6-5-7-18-19(14,2)10-11-21(4)20(18,3)13-15-12-16(22)8-9-17(15)23-21/h6,8-9,12,18,22H,5,7,10-11,13H2,1-4H3. The van der Waals surface area contributed by atoms with Crippen LogP contribution in [0.2, 0.25) is 0 Å². The first-order valence-corrected chi connectivity index (χ1v) is 8.97. The smallest absolute Gasteiger partial charge is 0.123 e. The lowest BCUT2D eigenvalue weighted by Crippen LogP contribution is -2.63. The summed E-state index contributed by atoms with van der Waals surface area (Å²) in [6, 6.07) is 5.58. The predicted molar refractivity (Wildman–Crippen MR) is 92.8 cm³/mol. The van der Waals surface area contributed by atoms with Gasteiger partial charge in [0.05, 0.1) is 0 Å². The number of fused-ring (bicyclic) bond motifs is 4. The summed E-state index contributed by atoms with van der Waals surface area (Å²) in [7, 11) is 0. The van der Waals surface area contributed by atoms with Crippen molar-refractivity contribution < 1.29 is 9.84 Å². The molecule has 0 amide bonds. The lowest BCUT2D eigenvalue weighted by Gasteiger charge is -2.63. The first-order valence-electron chi connectivity index (χ1n) is 8.97. The van der Waals surface area contributed by atoms with Gasteiger partial charge in [-0.3, -0.25) is 0 Å². The molecule has 23 heavy (non-hydrogen) atoms. The molecule has 4 rings (SSSR count). The maximum absolute atomic E-state index is 9.89. The Hall–Kier alpha value is -1.44. The molecular weight excluding hydrogens is 284 g/mol. The summed E-state index contributed by atoms with van der Waals surface area (Å²) in [5.74, 6) is 1.95. The van der Waals surface area contributed by atoms with Gasteiger partial charge in [0.15, 0.2) is 0 Å². The number of phenolic OH excluding ortho intramolecular Hbond substituents is 1. The molecule has 0 spiro atoms. The number of hydrogen-bond acceptors (Lipinski definition) is 2. The zero-order valence-electron chi connectivity index (χ0n) is 14.8. The van der Waals surface area contributed by atoms with E-state index in [2.05, 4.69) is 33.8 Å². The van der Waals surface area contributed by atoms with Crippen LogP contribution in [-0.4, -0.2) is 10.7 Å². The highest BCUT2D eigenvalue weighted by Crippen LogP contribution is 2.65. The summed E-state index contributed by atoms with van der Waals surface area (Å²) in [5.41, 5.74) is 3.03. The summed E-state index contributed by atoms with van der Waals surface area (Å²) in [6.45, 7) is 9.53. The van der Waals surface area contributed by atoms with Crippen LogP contribution >= 0.6 is 0 Å². The SMILES string of the molecule is CC1=CCCC2C1(C)CCC1(C)Oc3ccc(O)cc3CC21C. The maximum atomic E-state index is 9.89. The van der Waals surface area contributed by atoms with Gasteiger partial charge in [-0.15, -0.1) is 0 Å². The lowest BCUT2D eigenvalue weighted by atomic mass is 9.44. The van der Waals surface area contributed by atoms with Crippen LogP contribution in [0.1, 0.15) is 58.9 Å². The Morgan fingerprint density at radius 3 is 2.74 bits per heavy atom. The van der Waals surface area contributed by atoms with Crippen LogP contribution in [0.4, 0.5) is 0 Å². The third kappa shape index (κ3) is 1.87. The molecule has 1 aliphatic heterocycles. The molecule has 0 radical (unpaired) electrons. The molecule has 1 saturated carbocycles. The molecule has 2 aliphatic carbocycles. The largest absolute Gasteiger partial charge is 0.508 e. The van der Waals surface area contributed by atoms with Crippen LogP contribution in [0.15, 0.2) is 29.8 Å². The van der Waals surface area contributed by atoms with Gasteiger partial charge in [0.25, 0.3) is 0 Å². The average Bonchev–Trinajstić information content (AvgIpc) is 2.49. The van der Waals surface area contributed by atoms with Crippen molar-refractivity contribution >= 4 is 0 Å². The fourth-order valence-corrected chi connectivity index (χ4v) is 5.76. The van der Waals surface area contributed by atoms with Crippen molar-refractivity contribution in [3.63, 3.8) is 0 Å². The molecule has 0 bridgehead atoms. The Balaban J connectivity index is 1.84. The lowest BCUT2D eigenvalue weighted by molar-refractivity contribution is -0.158. The second kappa shape index (κ2) is 4.55. The summed E-state index contributed by atoms with van der Waals surface area (Å²) in [5, 5.41) is 9.89. The van der Waals surface area contributed by atoms with Crippen molar-refractivity contribution in [1.29, 1.82) is 0 Å². The Labute approximate surface area is 139 Å². The van der Waals surface area contributed by atoms with E-state index in [-0.39, 0.29) is 11.0 Å². The number of aromatic hydroxyl groups is 1. The first kappa shape index (κ1) is 15.1. The first-order chi connectivity index (χ1) is 10.8. The van der Waals surface area contributed by atoms with Crippen molar-refractivity contribution in [2.45, 2.75) is 65.4 Å². The molecule has 1 heterocycles. The molecule has 4 unspecified atom stereocenters. The fraction of sp³-hybridized carbons (Fsp3) is 0.619. The van der Waals surface area contributed by atoms with Crippen LogP contribution < -0.4 is 4.74 Å². The molecular formula is C21H28O2. The topological polar surface area (TPSA) is 29.5 Å². The summed E-state index contributed by atoms with van der Waals surface area (Å²) >= 11 is 0. The van der Waals surface area contributed by atoms with Crippen molar-refractivity contribution in [2.24, 2.45) is 16.7 Å². The second-order valence-electron chi connectivity index (χ2n) is 8.65. The Morgan fingerprint density at radius 2 is 1.96 bits per heavy atom. The molecule has 0 aromatic heterocycles. The number of benzene rings is 1. The van der Waals surface area contributed by atoms with Gasteiger partial charge in [-0.2, -0.15) is 0 Å². The fourth-order valence-electron chi connectivity index (χ4n) is 5.76. The number of ether oxygens (including phenoxy) is 1. The van der Waals surface area contributed by atoms with E-state index >= 15 is 0 Å². The number of allylic oxidation sites excluding steroid dienone is 2. The minimum atomic E-state index is -0.112. The molecule has 1 N–H and O–H groups in total. The molecule has 1 aromatic carbocycles. The van der Waals surface area contributed by atoms with E-state index in [1.165, 1.54) is 24.8 Å². The van der Waals surface area contributed by atoms with Gasteiger partial charge in [0.1, 0.15) is 17.1 Å². The molecule has 3 aliphatic rings. The Bertz CT molecular complexity index is 691. The molecule has 124 valence electrons. The minimum Gasteiger partial charge on any atom is -0.508 e. The van der Waals surface area contributed by atoms with E-state index in [0.717, 1.165) is 18.6 Å². The van der Waals surface area contributed by atoms with Gasteiger partial charge in [0.2, 0.25) is 0 Å². The highest BCUT2D eigenvalue weighted by atomic mass is 16.5. The zero-order chi connectivity index (χ0) is 16.5. The molecule has 0 saturated heterocycles. The highest BCUT2D eigenvalue weighted by Gasteiger charge is 2.62. The van der Waals surface area contributed by atoms with Crippen LogP contribution in [0.5, 0.6) is 11.5 Å². The quantitative estimate of drug-likeness (QED) is 0.663. The van der Waals surface area contributed by atoms with E-state index in [0.29, 0.717) is 17.1 Å². The Morgan fingerprint density at radius 1 is 1.17 bits per heavy atom. The van der Waals surface area contributed by atoms with Crippen LogP contribution in [0.3, 0.4) is 0 Å². The van der Waals surface area contributed by atoms with Crippen molar-refractivity contribution in [2.75, 3.05) is 0 Å². The van der Waals surface area contributed by atoms with E-state index in [1.54, 1.807) is 11.6 Å². The summed E-state index contributed by atoms with van der Waals surface area (Å²) < 4.78 is 6.58. The predicted octanol–water partition coefficient (Wildman–Crippen LogP) is 5.25. The van der Waals surface area contributed by atoms with Crippen molar-refractivity contribution in [1.82, 2.24) is 0 Å². The van der Waals surface area contributed by atoms with Crippen LogP contribution in [0.25, 0.3) is 0 Å². The van der Waals surface area contributed by atoms with Gasteiger partial charge in [0, 0.05) is 5.41 Å². The van der Waals surface area contributed by atoms with Crippen molar-refractivity contribution in [3.05, 3.63) is 35.4 Å². The van der Waals surface area contributed by atoms with E-state index in [4.69, 9.17) is 4.74 Å². The monoisotopic (exact) mass is 312 g/mol. The van der Waals surface area contributed by atoms with Gasteiger partial charge < -0.3 is 9.84 Å². The molecule has 2 nitrogen and oxygen atoms in total. The Kier molecular flexibility index (Phi) is 2.99. The minimum absolute atomic E-state index is 0.107. The van der Waals surface area contributed by atoms with Crippen LogP contribution in [0, 0.1) is 16.7 Å². The van der Waals surface area contributed by atoms with Gasteiger partial charge in [-0.05, 0) is 81.0 Å². The van der Waals surface area contributed by atoms with Gasteiger partial charge in [-0.25, -0.2) is 0 Å². The molecule has 2 heteroatoms. The number of rotatable bonds is 0.